The molecule has 27 heavy (non-hydrogen) atoms. The highest BCUT2D eigenvalue weighted by Gasteiger charge is 2.28. The average molecular weight is 407 g/mol. The van der Waals surface area contributed by atoms with Crippen LogP contribution in [0.2, 0.25) is 0 Å². The van der Waals surface area contributed by atoms with Crippen molar-refractivity contribution < 1.29 is 34.2 Å². The van der Waals surface area contributed by atoms with Gasteiger partial charge in [-0.2, -0.15) is 11.8 Å². The lowest BCUT2D eigenvalue weighted by atomic mass is 10.1. The van der Waals surface area contributed by atoms with Crippen LogP contribution in [0.4, 0.5) is 0 Å². The summed E-state index contributed by atoms with van der Waals surface area (Å²) in [6, 6.07) is -3.71. The lowest BCUT2D eigenvalue weighted by molar-refractivity contribution is -0.138. The van der Waals surface area contributed by atoms with Gasteiger partial charge in [0, 0.05) is 0 Å². The fraction of sp³-hybridized carbons (Fsp3) is 0.643. The van der Waals surface area contributed by atoms with Crippen molar-refractivity contribution in [3.05, 3.63) is 0 Å². The molecule has 0 spiro atoms. The minimum absolute atomic E-state index is 0.191. The van der Waals surface area contributed by atoms with Crippen LogP contribution < -0.4 is 27.4 Å². The molecule has 0 aromatic rings. The Morgan fingerprint density at radius 3 is 2.11 bits per heavy atom. The number of thioether (sulfide) groups is 1. The fourth-order valence-corrected chi connectivity index (χ4v) is 2.31. The standard InChI is InChI=1S/C14H25N5O7S/c1-27-3-2-8(18-12(24)7(15)6-20)14(26)19-9(4-10(16)21)13(25)17-5-11(22)23/h7-9,20H,2-6,15H2,1H3,(H2,16,21)(H,17,25)(H,18,24)(H,19,26)(H,22,23). The molecule has 0 saturated carbocycles. The maximum absolute atomic E-state index is 12.4. The number of nitrogens with two attached hydrogens (primary N) is 2. The first-order chi connectivity index (χ1) is 12.6. The molecule has 0 aliphatic rings. The van der Waals surface area contributed by atoms with E-state index in [0.29, 0.717) is 5.75 Å². The molecule has 0 aromatic carbocycles. The zero-order valence-corrected chi connectivity index (χ0v) is 15.6. The lowest BCUT2D eigenvalue weighted by Crippen LogP contribution is -2.57. The molecule has 0 heterocycles. The highest BCUT2D eigenvalue weighted by molar-refractivity contribution is 7.98. The van der Waals surface area contributed by atoms with Crippen LogP contribution in [0.5, 0.6) is 0 Å². The van der Waals surface area contributed by atoms with Gasteiger partial charge in [0.15, 0.2) is 0 Å². The van der Waals surface area contributed by atoms with Gasteiger partial charge in [0.25, 0.3) is 0 Å². The Bertz CT molecular complexity index is 560. The molecule has 3 atom stereocenters. The van der Waals surface area contributed by atoms with Crippen LogP contribution in [0.15, 0.2) is 0 Å². The number of carbonyl (C=O) groups excluding carboxylic acids is 4. The number of carboxylic acids is 1. The number of carbonyl (C=O) groups is 5. The molecule has 0 radical (unpaired) electrons. The normalized spacial score (nSPS) is 13.7. The monoisotopic (exact) mass is 407 g/mol. The molecule has 0 fully saturated rings. The van der Waals surface area contributed by atoms with Gasteiger partial charge in [-0.05, 0) is 18.4 Å². The molecule has 0 aliphatic heterocycles. The van der Waals surface area contributed by atoms with Crippen molar-refractivity contribution in [2.75, 3.05) is 25.2 Å². The fourth-order valence-electron chi connectivity index (χ4n) is 1.83. The van der Waals surface area contributed by atoms with Gasteiger partial charge in [-0.1, -0.05) is 0 Å². The number of aliphatic hydroxyl groups excluding tert-OH is 1. The van der Waals surface area contributed by atoms with Crippen molar-refractivity contribution in [1.29, 1.82) is 0 Å². The Morgan fingerprint density at radius 2 is 1.63 bits per heavy atom. The number of hydrogen-bond donors (Lipinski definition) is 7. The summed E-state index contributed by atoms with van der Waals surface area (Å²) in [4.78, 5) is 57.9. The Morgan fingerprint density at radius 1 is 1.04 bits per heavy atom. The van der Waals surface area contributed by atoms with Crippen molar-refractivity contribution in [2.45, 2.75) is 31.0 Å². The van der Waals surface area contributed by atoms with Crippen molar-refractivity contribution >= 4 is 41.4 Å². The Labute approximate surface area is 159 Å². The van der Waals surface area contributed by atoms with Gasteiger partial charge in [0.2, 0.25) is 23.6 Å². The number of hydrogen-bond acceptors (Lipinski definition) is 8. The third kappa shape index (κ3) is 10.4. The molecule has 0 rings (SSSR count). The minimum atomic E-state index is -1.41. The van der Waals surface area contributed by atoms with Gasteiger partial charge in [0.1, 0.15) is 24.7 Å². The molecular formula is C14H25N5O7S. The van der Waals surface area contributed by atoms with Gasteiger partial charge in [0.05, 0.1) is 13.0 Å². The van der Waals surface area contributed by atoms with E-state index in [1.807, 2.05) is 5.32 Å². The molecule has 3 unspecified atom stereocenters. The van der Waals surface area contributed by atoms with Gasteiger partial charge in [-0.3, -0.25) is 24.0 Å². The van der Waals surface area contributed by atoms with E-state index in [0.717, 1.165) is 0 Å². The van der Waals surface area contributed by atoms with E-state index in [9.17, 15) is 24.0 Å². The van der Waals surface area contributed by atoms with Crippen molar-refractivity contribution in [2.24, 2.45) is 11.5 Å². The molecule has 0 aromatic heterocycles. The average Bonchev–Trinajstić information content (AvgIpc) is 2.60. The van der Waals surface area contributed by atoms with E-state index in [4.69, 9.17) is 21.7 Å². The van der Waals surface area contributed by atoms with E-state index in [2.05, 4.69) is 10.6 Å². The number of carboxylic acid groups (broad SMARTS) is 1. The molecule has 0 aliphatic carbocycles. The number of primary amides is 1. The van der Waals surface area contributed by atoms with Crippen LogP contribution >= 0.6 is 11.8 Å². The van der Waals surface area contributed by atoms with Crippen molar-refractivity contribution in [1.82, 2.24) is 16.0 Å². The zero-order valence-electron chi connectivity index (χ0n) is 14.8. The smallest absolute Gasteiger partial charge is 0.322 e. The Kier molecular flexibility index (Phi) is 11.8. The molecule has 4 amide bonds. The Hall–Kier alpha value is -2.38. The summed E-state index contributed by atoms with van der Waals surface area (Å²) >= 11 is 1.41. The number of aliphatic carboxylic acids is 1. The number of nitrogens with one attached hydrogen (secondary N) is 3. The van der Waals surface area contributed by atoms with Crippen LogP contribution in [-0.2, 0) is 24.0 Å². The highest BCUT2D eigenvalue weighted by atomic mass is 32.2. The van der Waals surface area contributed by atoms with E-state index in [1.54, 1.807) is 6.26 Å². The van der Waals surface area contributed by atoms with Gasteiger partial charge < -0.3 is 37.6 Å². The van der Waals surface area contributed by atoms with E-state index >= 15 is 0 Å². The molecule has 9 N–H and O–H groups in total. The second kappa shape index (κ2) is 12.9. The first-order valence-corrected chi connectivity index (χ1v) is 9.25. The molecular weight excluding hydrogens is 382 g/mol. The number of amides is 4. The van der Waals surface area contributed by atoms with Gasteiger partial charge in [-0.15, -0.1) is 0 Å². The summed E-state index contributed by atoms with van der Waals surface area (Å²) in [6.45, 7) is -1.33. The SMILES string of the molecule is CSCCC(NC(=O)C(N)CO)C(=O)NC(CC(N)=O)C(=O)NCC(=O)O. The Balaban J connectivity index is 5.15. The summed E-state index contributed by atoms with van der Waals surface area (Å²) < 4.78 is 0. The third-order valence-electron chi connectivity index (χ3n) is 3.23. The molecule has 154 valence electrons. The molecule has 13 heteroatoms. The van der Waals surface area contributed by atoms with Gasteiger partial charge >= 0.3 is 5.97 Å². The van der Waals surface area contributed by atoms with Gasteiger partial charge in [-0.25, -0.2) is 0 Å². The quantitative estimate of drug-likeness (QED) is 0.159. The summed E-state index contributed by atoms with van der Waals surface area (Å²) in [5, 5.41) is 24.2. The van der Waals surface area contributed by atoms with E-state index in [1.165, 1.54) is 11.8 Å². The lowest BCUT2D eigenvalue weighted by Gasteiger charge is -2.23. The summed E-state index contributed by atoms with van der Waals surface area (Å²) in [5.74, 6) is -4.17. The number of aliphatic hydroxyl groups is 1. The summed E-state index contributed by atoms with van der Waals surface area (Å²) in [7, 11) is 0. The second-order valence-corrected chi connectivity index (χ2v) is 6.46. The predicted molar refractivity (Wildman–Crippen MR) is 96.4 cm³/mol. The first-order valence-electron chi connectivity index (χ1n) is 7.86. The predicted octanol–water partition coefficient (Wildman–Crippen LogP) is -3.90. The van der Waals surface area contributed by atoms with Crippen LogP contribution in [-0.4, -0.2) is 83.1 Å². The highest BCUT2D eigenvalue weighted by Crippen LogP contribution is 2.03. The zero-order chi connectivity index (χ0) is 21.0. The summed E-state index contributed by atoms with van der Waals surface area (Å²) in [6.07, 6.45) is 1.42. The molecule has 0 saturated heterocycles. The third-order valence-corrected chi connectivity index (χ3v) is 3.87. The van der Waals surface area contributed by atoms with E-state index < -0.39 is 67.3 Å². The minimum Gasteiger partial charge on any atom is -0.480 e. The van der Waals surface area contributed by atoms with Crippen molar-refractivity contribution in [3.8, 4) is 0 Å². The van der Waals surface area contributed by atoms with Crippen molar-refractivity contribution in [3.63, 3.8) is 0 Å². The maximum Gasteiger partial charge on any atom is 0.322 e. The van der Waals surface area contributed by atoms with Crippen LogP contribution in [0.1, 0.15) is 12.8 Å². The van der Waals surface area contributed by atoms with Crippen LogP contribution in [0.25, 0.3) is 0 Å². The van der Waals surface area contributed by atoms with E-state index in [-0.39, 0.29) is 6.42 Å². The second-order valence-electron chi connectivity index (χ2n) is 5.47. The topological polar surface area (TPSA) is 214 Å². The molecule has 0 bridgehead atoms. The van der Waals surface area contributed by atoms with Crippen LogP contribution in [0.3, 0.4) is 0 Å². The largest absolute Gasteiger partial charge is 0.480 e. The molecule has 12 nitrogen and oxygen atoms in total. The first kappa shape index (κ1) is 24.6. The number of rotatable bonds is 13. The summed E-state index contributed by atoms with van der Waals surface area (Å²) in [5.41, 5.74) is 10.5. The maximum atomic E-state index is 12.4. The van der Waals surface area contributed by atoms with Crippen LogP contribution in [0, 0.1) is 0 Å².